The summed E-state index contributed by atoms with van der Waals surface area (Å²) >= 11 is 0. The highest BCUT2D eigenvalue weighted by Crippen LogP contribution is 2.29. The first-order valence-electron chi connectivity index (χ1n) is 7.05. The maximum atomic E-state index is 12.4. The zero-order valence-corrected chi connectivity index (χ0v) is 13.4. The SMILES string of the molecule is COCOc1ccc(OC)cc1NC(=O)N(C)c1ccccc1. The number of amides is 2. The predicted octanol–water partition coefficient (Wildman–Crippen LogP) is 3.35. The Morgan fingerprint density at radius 3 is 2.52 bits per heavy atom. The molecule has 0 saturated carbocycles. The molecule has 6 heteroatoms. The fourth-order valence-corrected chi connectivity index (χ4v) is 1.95. The normalized spacial score (nSPS) is 10.0. The number of ether oxygens (including phenoxy) is 3. The summed E-state index contributed by atoms with van der Waals surface area (Å²) in [6.07, 6.45) is 0. The van der Waals surface area contributed by atoms with E-state index in [0.717, 1.165) is 5.69 Å². The van der Waals surface area contributed by atoms with E-state index in [9.17, 15) is 4.79 Å². The number of carbonyl (C=O) groups excluding carboxylic acids is 1. The number of rotatable bonds is 6. The van der Waals surface area contributed by atoms with Crippen molar-refractivity contribution in [1.82, 2.24) is 0 Å². The molecule has 0 aliphatic rings. The summed E-state index contributed by atoms with van der Waals surface area (Å²) in [5.74, 6) is 1.12. The van der Waals surface area contributed by atoms with Crippen LogP contribution in [0.2, 0.25) is 0 Å². The van der Waals surface area contributed by atoms with Crippen LogP contribution in [-0.2, 0) is 4.74 Å². The van der Waals surface area contributed by atoms with E-state index in [1.165, 1.54) is 12.0 Å². The van der Waals surface area contributed by atoms with Crippen LogP contribution in [0.4, 0.5) is 16.2 Å². The molecule has 0 aromatic heterocycles. The average Bonchev–Trinajstić information content (AvgIpc) is 2.60. The van der Waals surface area contributed by atoms with Crippen molar-refractivity contribution in [2.75, 3.05) is 38.3 Å². The number of para-hydroxylation sites is 1. The van der Waals surface area contributed by atoms with Gasteiger partial charge in [-0.15, -0.1) is 0 Å². The number of hydrogen-bond donors (Lipinski definition) is 1. The summed E-state index contributed by atoms with van der Waals surface area (Å²) in [7, 11) is 4.79. The Morgan fingerprint density at radius 1 is 1.13 bits per heavy atom. The van der Waals surface area contributed by atoms with E-state index >= 15 is 0 Å². The molecule has 122 valence electrons. The Hall–Kier alpha value is -2.73. The minimum absolute atomic E-state index is 0.0870. The van der Waals surface area contributed by atoms with Crippen molar-refractivity contribution < 1.29 is 19.0 Å². The molecule has 0 radical (unpaired) electrons. The number of nitrogens with zero attached hydrogens (tertiary/aromatic N) is 1. The molecule has 0 spiro atoms. The Kier molecular flexibility index (Phi) is 5.82. The standard InChI is InChI=1S/C17H20N2O4/c1-19(13-7-5-4-6-8-13)17(20)18-15-11-14(22-3)9-10-16(15)23-12-21-2/h4-11H,12H2,1-3H3,(H,18,20). The minimum Gasteiger partial charge on any atom is -0.497 e. The first kappa shape index (κ1) is 16.6. The van der Waals surface area contributed by atoms with Gasteiger partial charge in [0, 0.05) is 25.9 Å². The Balaban J connectivity index is 2.18. The fraction of sp³-hybridized carbons (Fsp3) is 0.235. The molecule has 0 aliphatic heterocycles. The highest BCUT2D eigenvalue weighted by Gasteiger charge is 2.14. The van der Waals surface area contributed by atoms with Gasteiger partial charge in [-0.25, -0.2) is 4.79 Å². The van der Waals surface area contributed by atoms with Gasteiger partial charge in [0.25, 0.3) is 0 Å². The monoisotopic (exact) mass is 316 g/mol. The van der Waals surface area contributed by atoms with Crippen LogP contribution in [0.25, 0.3) is 0 Å². The number of nitrogens with one attached hydrogen (secondary N) is 1. The molecule has 23 heavy (non-hydrogen) atoms. The van der Waals surface area contributed by atoms with Gasteiger partial charge in [0.1, 0.15) is 11.5 Å². The number of benzene rings is 2. The van der Waals surface area contributed by atoms with Crippen LogP contribution in [0.3, 0.4) is 0 Å². The van der Waals surface area contributed by atoms with Crippen LogP contribution in [0, 0.1) is 0 Å². The molecule has 2 amide bonds. The summed E-state index contributed by atoms with van der Waals surface area (Å²) < 4.78 is 15.6. The largest absolute Gasteiger partial charge is 0.497 e. The molecule has 0 bridgehead atoms. The van der Waals surface area contributed by atoms with E-state index in [-0.39, 0.29) is 12.8 Å². The van der Waals surface area contributed by atoms with Crippen molar-refractivity contribution in [2.45, 2.75) is 0 Å². The summed E-state index contributed by atoms with van der Waals surface area (Å²) in [5, 5.41) is 2.82. The van der Waals surface area contributed by atoms with E-state index in [4.69, 9.17) is 14.2 Å². The third-order valence-electron chi connectivity index (χ3n) is 3.21. The lowest BCUT2D eigenvalue weighted by atomic mass is 10.2. The number of urea groups is 1. The first-order chi connectivity index (χ1) is 11.2. The molecule has 1 N–H and O–H groups in total. The topological polar surface area (TPSA) is 60.0 Å². The summed E-state index contributed by atoms with van der Waals surface area (Å²) in [6.45, 7) is 0.0870. The van der Waals surface area contributed by atoms with Gasteiger partial charge in [-0.2, -0.15) is 0 Å². The van der Waals surface area contributed by atoms with E-state index in [0.29, 0.717) is 17.2 Å². The molecule has 0 unspecified atom stereocenters. The lowest BCUT2D eigenvalue weighted by molar-refractivity contribution is 0.0516. The molecular formula is C17H20N2O4. The zero-order chi connectivity index (χ0) is 16.7. The van der Waals surface area contributed by atoms with E-state index in [1.807, 2.05) is 30.3 Å². The number of methoxy groups -OCH3 is 2. The second kappa shape index (κ2) is 8.05. The molecular weight excluding hydrogens is 296 g/mol. The van der Waals surface area contributed by atoms with Crippen molar-refractivity contribution in [2.24, 2.45) is 0 Å². The van der Waals surface area contributed by atoms with Crippen LogP contribution in [0.5, 0.6) is 11.5 Å². The third-order valence-corrected chi connectivity index (χ3v) is 3.21. The summed E-state index contributed by atoms with van der Waals surface area (Å²) in [4.78, 5) is 13.9. The van der Waals surface area contributed by atoms with Crippen LogP contribution in [0.15, 0.2) is 48.5 Å². The van der Waals surface area contributed by atoms with Crippen LogP contribution in [0.1, 0.15) is 0 Å². The maximum Gasteiger partial charge on any atom is 0.326 e. The quantitative estimate of drug-likeness (QED) is 0.830. The molecule has 2 aromatic carbocycles. The predicted molar refractivity (Wildman–Crippen MR) is 89.4 cm³/mol. The van der Waals surface area contributed by atoms with Gasteiger partial charge >= 0.3 is 6.03 Å². The van der Waals surface area contributed by atoms with E-state index < -0.39 is 0 Å². The number of anilines is 2. The summed E-state index contributed by atoms with van der Waals surface area (Å²) in [5.41, 5.74) is 1.29. The maximum absolute atomic E-state index is 12.4. The summed E-state index contributed by atoms with van der Waals surface area (Å²) in [6, 6.07) is 14.2. The van der Waals surface area contributed by atoms with Crippen molar-refractivity contribution in [3.8, 4) is 11.5 Å². The highest BCUT2D eigenvalue weighted by atomic mass is 16.7. The van der Waals surface area contributed by atoms with Crippen LogP contribution < -0.4 is 19.7 Å². The van der Waals surface area contributed by atoms with Gasteiger partial charge in [0.05, 0.1) is 12.8 Å². The van der Waals surface area contributed by atoms with Crippen molar-refractivity contribution in [3.05, 3.63) is 48.5 Å². The third kappa shape index (κ3) is 4.37. The smallest absolute Gasteiger partial charge is 0.326 e. The molecule has 0 atom stereocenters. The molecule has 6 nitrogen and oxygen atoms in total. The zero-order valence-electron chi connectivity index (χ0n) is 13.4. The number of hydrogen-bond acceptors (Lipinski definition) is 4. The van der Waals surface area contributed by atoms with E-state index in [1.54, 1.807) is 32.4 Å². The molecule has 2 rings (SSSR count). The lowest BCUT2D eigenvalue weighted by Gasteiger charge is -2.19. The minimum atomic E-state index is -0.285. The molecule has 0 saturated heterocycles. The van der Waals surface area contributed by atoms with E-state index in [2.05, 4.69) is 5.32 Å². The highest BCUT2D eigenvalue weighted by molar-refractivity contribution is 6.02. The van der Waals surface area contributed by atoms with Crippen molar-refractivity contribution in [1.29, 1.82) is 0 Å². The molecule has 0 fully saturated rings. The van der Waals surface area contributed by atoms with Gasteiger partial charge in [-0.1, -0.05) is 18.2 Å². The first-order valence-corrected chi connectivity index (χ1v) is 7.05. The number of carbonyl (C=O) groups is 1. The van der Waals surface area contributed by atoms with Gasteiger partial charge in [0.2, 0.25) is 0 Å². The Morgan fingerprint density at radius 2 is 1.87 bits per heavy atom. The second-order valence-corrected chi connectivity index (χ2v) is 4.74. The molecule has 0 aliphatic carbocycles. The van der Waals surface area contributed by atoms with Crippen LogP contribution >= 0.6 is 0 Å². The van der Waals surface area contributed by atoms with Gasteiger partial charge in [0.15, 0.2) is 6.79 Å². The van der Waals surface area contributed by atoms with Crippen molar-refractivity contribution in [3.63, 3.8) is 0 Å². The Labute approximate surface area is 135 Å². The Bertz CT molecular complexity index is 646. The van der Waals surface area contributed by atoms with Gasteiger partial charge in [-0.05, 0) is 24.3 Å². The molecule has 0 heterocycles. The van der Waals surface area contributed by atoms with Gasteiger partial charge < -0.3 is 19.5 Å². The van der Waals surface area contributed by atoms with Crippen molar-refractivity contribution >= 4 is 17.4 Å². The second-order valence-electron chi connectivity index (χ2n) is 4.74. The average molecular weight is 316 g/mol. The van der Waals surface area contributed by atoms with Gasteiger partial charge in [-0.3, -0.25) is 4.90 Å². The fourth-order valence-electron chi connectivity index (χ4n) is 1.95. The molecule has 2 aromatic rings. The lowest BCUT2D eigenvalue weighted by Crippen LogP contribution is -2.31. The van der Waals surface area contributed by atoms with Crippen LogP contribution in [-0.4, -0.2) is 34.1 Å².